The zero-order valence-corrected chi connectivity index (χ0v) is 14.4. The van der Waals surface area contributed by atoms with Gasteiger partial charge < -0.3 is 4.74 Å². The summed E-state index contributed by atoms with van der Waals surface area (Å²) in [4.78, 5) is 16.4. The highest BCUT2D eigenvalue weighted by Crippen LogP contribution is 2.26. The molecule has 0 aliphatic carbocycles. The summed E-state index contributed by atoms with van der Waals surface area (Å²) in [5, 5.41) is 3.14. The molecule has 1 aliphatic heterocycles. The number of esters is 1. The van der Waals surface area contributed by atoms with Crippen molar-refractivity contribution in [2.75, 3.05) is 0 Å². The molecule has 3 nitrogen and oxygen atoms in total. The van der Waals surface area contributed by atoms with Crippen LogP contribution in [0, 0.1) is 0 Å². The highest BCUT2D eigenvalue weighted by molar-refractivity contribution is 6.35. The molecule has 0 unspecified atom stereocenters. The molecule has 25 heavy (non-hydrogen) atoms. The van der Waals surface area contributed by atoms with E-state index in [9.17, 15) is 4.79 Å². The second kappa shape index (κ2) is 6.36. The number of rotatable bonds is 2. The second-order valence-electron chi connectivity index (χ2n) is 5.56. The van der Waals surface area contributed by atoms with Gasteiger partial charge in [-0.05, 0) is 46.7 Å². The standard InChI is InChI=1S/C20H11Cl2NO2/c21-16-8-7-14(17(22)11-16)10-18-20(24)25-19(23-18)15-6-5-12-3-1-2-4-13(12)9-15/h1-11H/b18-10-. The van der Waals surface area contributed by atoms with Gasteiger partial charge in [-0.15, -0.1) is 0 Å². The number of hydrogen-bond acceptors (Lipinski definition) is 3. The predicted molar refractivity (Wildman–Crippen MR) is 101 cm³/mol. The maximum Gasteiger partial charge on any atom is 0.363 e. The van der Waals surface area contributed by atoms with Crippen LogP contribution in [0.25, 0.3) is 16.8 Å². The first-order chi connectivity index (χ1) is 12.1. The van der Waals surface area contributed by atoms with Crippen molar-refractivity contribution in [1.82, 2.24) is 0 Å². The summed E-state index contributed by atoms with van der Waals surface area (Å²) in [6.45, 7) is 0. The Labute approximate surface area is 154 Å². The Balaban J connectivity index is 1.72. The van der Waals surface area contributed by atoms with Gasteiger partial charge in [-0.3, -0.25) is 0 Å². The summed E-state index contributed by atoms with van der Waals surface area (Å²) >= 11 is 12.0. The molecule has 0 aromatic heterocycles. The molecule has 0 fully saturated rings. The zero-order valence-electron chi connectivity index (χ0n) is 12.9. The largest absolute Gasteiger partial charge is 0.402 e. The third-order valence-electron chi connectivity index (χ3n) is 3.87. The number of fused-ring (bicyclic) bond motifs is 1. The van der Waals surface area contributed by atoms with E-state index < -0.39 is 5.97 Å². The van der Waals surface area contributed by atoms with E-state index in [2.05, 4.69) is 4.99 Å². The van der Waals surface area contributed by atoms with Gasteiger partial charge in [0.1, 0.15) is 0 Å². The Morgan fingerprint density at radius 1 is 0.920 bits per heavy atom. The SMILES string of the molecule is O=C1OC(c2ccc3ccccc3c2)=N/C1=C\c1ccc(Cl)cc1Cl. The van der Waals surface area contributed by atoms with E-state index in [0.29, 0.717) is 15.6 Å². The molecule has 122 valence electrons. The van der Waals surface area contributed by atoms with Crippen LogP contribution >= 0.6 is 23.2 Å². The fourth-order valence-corrected chi connectivity index (χ4v) is 3.08. The Morgan fingerprint density at radius 3 is 2.52 bits per heavy atom. The Kier molecular flexibility index (Phi) is 4.04. The monoisotopic (exact) mass is 367 g/mol. The first-order valence-corrected chi connectivity index (χ1v) is 8.32. The van der Waals surface area contributed by atoms with Crippen LogP contribution in [0.2, 0.25) is 10.0 Å². The van der Waals surface area contributed by atoms with Crippen LogP contribution in [0.3, 0.4) is 0 Å². The van der Waals surface area contributed by atoms with E-state index in [1.54, 1.807) is 24.3 Å². The number of aliphatic imine (C=N–C) groups is 1. The highest BCUT2D eigenvalue weighted by Gasteiger charge is 2.24. The highest BCUT2D eigenvalue weighted by atomic mass is 35.5. The lowest BCUT2D eigenvalue weighted by molar-refractivity contribution is -0.129. The van der Waals surface area contributed by atoms with E-state index in [1.807, 2.05) is 42.5 Å². The summed E-state index contributed by atoms with van der Waals surface area (Å²) in [5.41, 5.74) is 1.60. The van der Waals surface area contributed by atoms with Crippen LogP contribution in [0.5, 0.6) is 0 Å². The van der Waals surface area contributed by atoms with Crippen LogP contribution in [-0.2, 0) is 9.53 Å². The molecule has 5 heteroatoms. The summed E-state index contributed by atoms with van der Waals surface area (Å²) in [6.07, 6.45) is 1.59. The zero-order chi connectivity index (χ0) is 17.4. The van der Waals surface area contributed by atoms with Crippen molar-refractivity contribution < 1.29 is 9.53 Å². The molecule has 0 radical (unpaired) electrons. The van der Waals surface area contributed by atoms with Crippen LogP contribution in [0.1, 0.15) is 11.1 Å². The molecule has 0 saturated heterocycles. The maximum atomic E-state index is 12.1. The average Bonchev–Trinajstić information content (AvgIpc) is 2.98. The second-order valence-corrected chi connectivity index (χ2v) is 6.41. The lowest BCUT2D eigenvalue weighted by atomic mass is 10.1. The van der Waals surface area contributed by atoms with E-state index >= 15 is 0 Å². The molecule has 3 aromatic carbocycles. The molecule has 0 atom stereocenters. The van der Waals surface area contributed by atoms with Crippen LogP contribution in [0.15, 0.2) is 71.4 Å². The van der Waals surface area contributed by atoms with Gasteiger partial charge in [0.05, 0.1) is 0 Å². The minimum Gasteiger partial charge on any atom is -0.402 e. The van der Waals surface area contributed by atoms with Crippen molar-refractivity contribution in [3.8, 4) is 0 Å². The molecular formula is C20H11Cl2NO2. The van der Waals surface area contributed by atoms with E-state index in [-0.39, 0.29) is 11.6 Å². The fraction of sp³-hybridized carbons (Fsp3) is 0. The lowest BCUT2D eigenvalue weighted by Gasteiger charge is -2.02. The molecule has 0 bridgehead atoms. The van der Waals surface area contributed by atoms with Crippen molar-refractivity contribution in [3.63, 3.8) is 0 Å². The molecule has 0 amide bonds. The van der Waals surface area contributed by atoms with Gasteiger partial charge in [-0.25, -0.2) is 9.79 Å². The predicted octanol–water partition coefficient (Wildman–Crippen LogP) is 5.49. The molecule has 3 aromatic rings. The number of nitrogens with zero attached hydrogens (tertiary/aromatic N) is 1. The quantitative estimate of drug-likeness (QED) is 0.443. The number of carbonyl (C=O) groups is 1. The summed E-state index contributed by atoms with van der Waals surface area (Å²) in [5.74, 6) is -0.221. The van der Waals surface area contributed by atoms with E-state index in [1.165, 1.54) is 0 Å². The molecule has 0 N–H and O–H groups in total. The molecule has 0 spiro atoms. The van der Waals surface area contributed by atoms with Crippen LogP contribution < -0.4 is 0 Å². The number of ether oxygens (including phenoxy) is 1. The maximum absolute atomic E-state index is 12.1. The van der Waals surface area contributed by atoms with Gasteiger partial charge in [0, 0.05) is 15.6 Å². The number of cyclic esters (lactones) is 1. The third-order valence-corrected chi connectivity index (χ3v) is 4.43. The molecule has 1 aliphatic rings. The summed E-state index contributed by atoms with van der Waals surface area (Å²) in [6, 6.07) is 18.8. The topological polar surface area (TPSA) is 38.7 Å². The van der Waals surface area contributed by atoms with Crippen molar-refractivity contribution in [1.29, 1.82) is 0 Å². The minimum absolute atomic E-state index is 0.201. The first-order valence-electron chi connectivity index (χ1n) is 7.57. The third kappa shape index (κ3) is 3.16. The number of hydrogen-bond donors (Lipinski definition) is 0. The lowest BCUT2D eigenvalue weighted by Crippen LogP contribution is -2.05. The van der Waals surface area contributed by atoms with Gasteiger partial charge in [-0.2, -0.15) is 0 Å². The minimum atomic E-state index is -0.505. The smallest absolute Gasteiger partial charge is 0.363 e. The first kappa shape index (κ1) is 15.9. The van der Waals surface area contributed by atoms with Crippen molar-refractivity contribution in [3.05, 3.63) is 87.5 Å². The van der Waals surface area contributed by atoms with Crippen molar-refractivity contribution in [2.24, 2.45) is 4.99 Å². The van der Waals surface area contributed by atoms with E-state index in [0.717, 1.165) is 16.3 Å². The van der Waals surface area contributed by atoms with Crippen LogP contribution in [0.4, 0.5) is 0 Å². The Bertz CT molecular complexity index is 1070. The van der Waals surface area contributed by atoms with Gasteiger partial charge in [0.15, 0.2) is 5.70 Å². The number of benzene rings is 3. The Hall–Kier alpha value is -2.62. The number of halogens is 2. The van der Waals surface area contributed by atoms with Crippen molar-refractivity contribution in [2.45, 2.75) is 0 Å². The van der Waals surface area contributed by atoms with Gasteiger partial charge in [0.2, 0.25) is 5.90 Å². The average molecular weight is 368 g/mol. The van der Waals surface area contributed by atoms with E-state index in [4.69, 9.17) is 27.9 Å². The number of carbonyl (C=O) groups excluding carboxylic acids is 1. The fourth-order valence-electron chi connectivity index (χ4n) is 2.62. The van der Waals surface area contributed by atoms with Crippen molar-refractivity contribution >= 4 is 51.9 Å². The van der Waals surface area contributed by atoms with Gasteiger partial charge in [0.25, 0.3) is 0 Å². The molecular weight excluding hydrogens is 357 g/mol. The summed E-state index contributed by atoms with van der Waals surface area (Å²) in [7, 11) is 0. The molecule has 4 rings (SSSR count). The van der Waals surface area contributed by atoms with Gasteiger partial charge in [-0.1, -0.05) is 59.6 Å². The summed E-state index contributed by atoms with van der Waals surface area (Å²) < 4.78 is 5.32. The Morgan fingerprint density at radius 2 is 1.72 bits per heavy atom. The molecule has 1 heterocycles. The molecule has 0 saturated carbocycles. The van der Waals surface area contributed by atoms with Gasteiger partial charge >= 0.3 is 5.97 Å². The normalized spacial score (nSPS) is 15.5. The van der Waals surface area contributed by atoms with Crippen LogP contribution in [-0.4, -0.2) is 11.9 Å².